The Morgan fingerprint density at radius 2 is 1.58 bits per heavy atom. The van der Waals surface area contributed by atoms with Gasteiger partial charge in [-0.3, -0.25) is 9.88 Å². The van der Waals surface area contributed by atoms with Crippen LogP contribution in [-0.4, -0.2) is 17.0 Å². The Morgan fingerprint density at radius 1 is 0.816 bits per heavy atom. The molecular formula is C33H37N3O2. The van der Waals surface area contributed by atoms with Gasteiger partial charge in [-0.05, 0) is 65.3 Å². The molecule has 1 aliphatic carbocycles. The Morgan fingerprint density at radius 3 is 2.37 bits per heavy atom. The second-order valence-corrected chi connectivity index (χ2v) is 9.99. The zero-order chi connectivity index (χ0) is 26.2. The highest BCUT2D eigenvalue weighted by molar-refractivity contribution is 5.43. The number of methoxy groups -OCH3 is 1. The predicted molar refractivity (Wildman–Crippen MR) is 152 cm³/mol. The van der Waals surface area contributed by atoms with E-state index >= 15 is 0 Å². The molecule has 0 saturated carbocycles. The van der Waals surface area contributed by atoms with Crippen LogP contribution in [0, 0.1) is 0 Å². The second kappa shape index (κ2) is 12.7. The molecule has 5 heteroatoms. The molecule has 1 atom stereocenters. The molecule has 0 amide bonds. The maximum atomic E-state index is 6.23. The van der Waals surface area contributed by atoms with Gasteiger partial charge in [-0.1, -0.05) is 73.2 Å². The standard InChI is InChI=1S/C33H37N3O2/c1-37-31-18-17-28(20-32(31)38-24-27-8-3-2-4-9-27)23-36(22-26-15-13-25(21-34)14-16-26)30-12-6-5-10-29-11-7-19-35-33(29)30/h2-4,7-9,11,13-20,30H,5-6,10,12,21-24,34H2,1H3. The fraction of sp³-hybridized carbons (Fsp3) is 0.303. The number of pyridine rings is 1. The minimum absolute atomic E-state index is 0.249. The van der Waals surface area contributed by atoms with Crippen LogP contribution in [0.25, 0.3) is 0 Å². The quantitative estimate of drug-likeness (QED) is 0.245. The lowest BCUT2D eigenvalue weighted by atomic mass is 10.0. The van der Waals surface area contributed by atoms with Crippen molar-refractivity contribution in [2.75, 3.05) is 7.11 Å². The molecule has 0 saturated heterocycles. The number of fused-ring (bicyclic) bond motifs is 1. The lowest BCUT2D eigenvalue weighted by Crippen LogP contribution is -2.29. The molecule has 5 rings (SSSR count). The SMILES string of the molecule is COc1ccc(CN(Cc2ccc(CN)cc2)C2CCCCc3cccnc32)cc1OCc1ccccc1. The van der Waals surface area contributed by atoms with E-state index in [1.807, 2.05) is 30.5 Å². The molecule has 38 heavy (non-hydrogen) atoms. The van der Waals surface area contributed by atoms with E-state index in [1.165, 1.54) is 35.2 Å². The largest absolute Gasteiger partial charge is 0.493 e. The molecule has 196 valence electrons. The van der Waals surface area contributed by atoms with Crippen molar-refractivity contribution in [1.82, 2.24) is 9.88 Å². The number of benzene rings is 3. The number of aromatic nitrogens is 1. The first kappa shape index (κ1) is 26.0. The van der Waals surface area contributed by atoms with Gasteiger partial charge in [0.05, 0.1) is 18.8 Å². The molecular weight excluding hydrogens is 470 g/mol. The first-order valence-electron chi connectivity index (χ1n) is 13.5. The van der Waals surface area contributed by atoms with Crippen molar-refractivity contribution in [2.45, 2.75) is 58.0 Å². The zero-order valence-electron chi connectivity index (χ0n) is 22.2. The summed E-state index contributed by atoms with van der Waals surface area (Å²) in [6.45, 7) is 2.67. The van der Waals surface area contributed by atoms with Gasteiger partial charge in [0.15, 0.2) is 11.5 Å². The minimum atomic E-state index is 0.249. The fourth-order valence-corrected chi connectivity index (χ4v) is 5.30. The van der Waals surface area contributed by atoms with E-state index in [9.17, 15) is 0 Å². The third-order valence-corrected chi connectivity index (χ3v) is 7.35. The smallest absolute Gasteiger partial charge is 0.161 e. The molecule has 0 aliphatic heterocycles. The molecule has 0 fully saturated rings. The summed E-state index contributed by atoms with van der Waals surface area (Å²) in [5.74, 6) is 1.51. The van der Waals surface area contributed by atoms with Crippen molar-refractivity contribution in [1.29, 1.82) is 0 Å². The van der Waals surface area contributed by atoms with Crippen LogP contribution < -0.4 is 15.2 Å². The average Bonchev–Trinajstić information content (AvgIpc) is 3.19. The van der Waals surface area contributed by atoms with E-state index in [0.717, 1.165) is 48.6 Å². The highest BCUT2D eigenvalue weighted by atomic mass is 16.5. The number of nitrogens with two attached hydrogens (primary N) is 1. The Bertz CT molecular complexity index is 1310. The van der Waals surface area contributed by atoms with E-state index in [4.69, 9.17) is 20.2 Å². The molecule has 1 aromatic heterocycles. The third-order valence-electron chi connectivity index (χ3n) is 7.35. The van der Waals surface area contributed by atoms with Gasteiger partial charge in [-0.25, -0.2) is 0 Å². The van der Waals surface area contributed by atoms with Gasteiger partial charge in [0.25, 0.3) is 0 Å². The van der Waals surface area contributed by atoms with Gasteiger partial charge in [0.1, 0.15) is 6.61 Å². The van der Waals surface area contributed by atoms with Crippen LogP contribution in [0.2, 0.25) is 0 Å². The summed E-state index contributed by atoms with van der Waals surface area (Å²) >= 11 is 0. The Balaban J connectivity index is 1.44. The summed E-state index contributed by atoms with van der Waals surface area (Å²) in [6.07, 6.45) is 6.53. The maximum Gasteiger partial charge on any atom is 0.161 e. The molecule has 5 nitrogen and oxygen atoms in total. The van der Waals surface area contributed by atoms with Gasteiger partial charge < -0.3 is 15.2 Å². The number of hydrogen-bond acceptors (Lipinski definition) is 5. The van der Waals surface area contributed by atoms with Crippen molar-refractivity contribution in [2.24, 2.45) is 5.73 Å². The first-order chi connectivity index (χ1) is 18.7. The highest BCUT2D eigenvalue weighted by Crippen LogP contribution is 2.35. The van der Waals surface area contributed by atoms with E-state index in [2.05, 4.69) is 65.6 Å². The van der Waals surface area contributed by atoms with Crippen molar-refractivity contribution in [3.8, 4) is 11.5 Å². The fourth-order valence-electron chi connectivity index (χ4n) is 5.30. The van der Waals surface area contributed by atoms with E-state index in [1.54, 1.807) is 7.11 Å². The van der Waals surface area contributed by atoms with Crippen molar-refractivity contribution in [3.05, 3.63) is 125 Å². The number of aryl methyl sites for hydroxylation is 1. The Kier molecular flexibility index (Phi) is 8.69. The van der Waals surface area contributed by atoms with Crippen molar-refractivity contribution < 1.29 is 9.47 Å². The van der Waals surface area contributed by atoms with E-state index in [-0.39, 0.29) is 6.04 Å². The van der Waals surface area contributed by atoms with Crippen LogP contribution in [0.1, 0.15) is 58.8 Å². The molecule has 1 aliphatic rings. The first-order valence-corrected chi connectivity index (χ1v) is 13.5. The number of hydrogen-bond donors (Lipinski definition) is 1. The van der Waals surface area contributed by atoms with Crippen LogP contribution in [-0.2, 0) is 32.7 Å². The summed E-state index contributed by atoms with van der Waals surface area (Å²) in [5.41, 5.74) is 13.2. The normalized spacial score (nSPS) is 15.1. The molecule has 0 radical (unpaired) electrons. The van der Waals surface area contributed by atoms with E-state index < -0.39 is 0 Å². The van der Waals surface area contributed by atoms with Crippen LogP contribution >= 0.6 is 0 Å². The minimum Gasteiger partial charge on any atom is -0.493 e. The van der Waals surface area contributed by atoms with E-state index in [0.29, 0.717) is 13.2 Å². The maximum absolute atomic E-state index is 6.23. The highest BCUT2D eigenvalue weighted by Gasteiger charge is 2.26. The number of nitrogens with zero attached hydrogens (tertiary/aromatic N) is 2. The van der Waals surface area contributed by atoms with Crippen LogP contribution in [0.3, 0.4) is 0 Å². The van der Waals surface area contributed by atoms with Gasteiger partial charge in [0, 0.05) is 25.8 Å². The Hall–Kier alpha value is -3.67. The summed E-state index contributed by atoms with van der Waals surface area (Å²) in [5, 5.41) is 0. The van der Waals surface area contributed by atoms with Gasteiger partial charge >= 0.3 is 0 Å². The lowest BCUT2D eigenvalue weighted by molar-refractivity contribution is 0.164. The lowest BCUT2D eigenvalue weighted by Gasteiger charge is -2.32. The monoisotopic (exact) mass is 507 g/mol. The zero-order valence-corrected chi connectivity index (χ0v) is 22.2. The van der Waals surface area contributed by atoms with Crippen molar-refractivity contribution >= 4 is 0 Å². The van der Waals surface area contributed by atoms with Gasteiger partial charge in [0.2, 0.25) is 0 Å². The van der Waals surface area contributed by atoms with Crippen LogP contribution in [0.15, 0.2) is 91.1 Å². The summed E-state index contributed by atoms with van der Waals surface area (Å²) in [7, 11) is 1.69. The van der Waals surface area contributed by atoms with Gasteiger partial charge in [-0.2, -0.15) is 0 Å². The molecule has 1 heterocycles. The predicted octanol–water partition coefficient (Wildman–Crippen LogP) is 6.60. The van der Waals surface area contributed by atoms with Crippen LogP contribution in [0.5, 0.6) is 11.5 Å². The molecule has 3 aromatic carbocycles. The van der Waals surface area contributed by atoms with Crippen LogP contribution in [0.4, 0.5) is 0 Å². The topological polar surface area (TPSA) is 60.6 Å². The molecule has 4 aromatic rings. The molecule has 0 bridgehead atoms. The average molecular weight is 508 g/mol. The molecule has 1 unspecified atom stereocenters. The number of rotatable bonds is 10. The molecule has 2 N–H and O–H groups in total. The summed E-state index contributed by atoms with van der Waals surface area (Å²) in [4.78, 5) is 7.46. The summed E-state index contributed by atoms with van der Waals surface area (Å²) < 4.78 is 11.9. The Labute approximate surface area is 226 Å². The second-order valence-electron chi connectivity index (χ2n) is 9.99. The molecule has 0 spiro atoms. The third kappa shape index (κ3) is 6.42. The van der Waals surface area contributed by atoms with Crippen molar-refractivity contribution in [3.63, 3.8) is 0 Å². The number of ether oxygens (including phenoxy) is 2. The summed E-state index contributed by atoms with van der Waals surface area (Å²) in [6, 6.07) is 29.8. The van der Waals surface area contributed by atoms with Gasteiger partial charge in [-0.15, -0.1) is 0 Å².